The molecule has 162 valence electrons. The predicted octanol–water partition coefficient (Wildman–Crippen LogP) is 4.04. The largest absolute Gasteiger partial charge is 0.491 e. The van der Waals surface area contributed by atoms with Gasteiger partial charge in [0.1, 0.15) is 18.2 Å². The van der Waals surface area contributed by atoms with Crippen LogP contribution in [0.4, 0.5) is 4.39 Å². The number of hydrogen-bond acceptors (Lipinski definition) is 4. The second-order valence-electron chi connectivity index (χ2n) is 7.62. The van der Waals surface area contributed by atoms with Gasteiger partial charge in [0.2, 0.25) is 5.91 Å². The van der Waals surface area contributed by atoms with Gasteiger partial charge in [0.25, 0.3) is 0 Å². The fourth-order valence-electron chi connectivity index (χ4n) is 3.38. The van der Waals surface area contributed by atoms with E-state index in [1.54, 1.807) is 30.3 Å². The normalized spacial score (nSPS) is 19.9. The van der Waals surface area contributed by atoms with E-state index in [9.17, 15) is 14.3 Å². The molecule has 30 heavy (non-hydrogen) atoms. The summed E-state index contributed by atoms with van der Waals surface area (Å²) in [6.07, 6.45) is 1.84. The van der Waals surface area contributed by atoms with Crippen molar-refractivity contribution in [1.29, 1.82) is 0 Å². The third-order valence-corrected chi connectivity index (χ3v) is 5.92. The standard InChI is InChI=1S/C22H25Cl2FN2O3/c23-19-7-6-18(12-20(19)24)30-15-22(29)8-1-10-27(11-9-22)14-21(28)26-13-16-2-4-17(25)5-3-16/h2-7,12,29H,1,8-11,13-15H2,(H,26,28)/t22-/m0/s1. The van der Waals surface area contributed by atoms with Gasteiger partial charge < -0.3 is 15.2 Å². The Bertz CT molecular complexity index is 866. The van der Waals surface area contributed by atoms with Crippen LogP contribution in [0.25, 0.3) is 0 Å². The first-order valence-electron chi connectivity index (χ1n) is 9.87. The number of rotatable bonds is 7. The van der Waals surface area contributed by atoms with Gasteiger partial charge in [0, 0.05) is 19.2 Å². The molecular weight excluding hydrogens is 430 g/mol. The van der Waals surface area contributed by atoms with Crippen molar-refractivity contribution in [2.24, 2.45) is 0 Å². The Labute approximate surface area is 185 Å². The molecule has 5 nitrogen and oxygen atoms in total. The zero-order chi connectivity index (χ0) is 21.6. The highest BCUT2D eigenvalue weighted by Crippen LogP contribution is 2.28. The van der Waals surface area contributed by atoms with Crippen molar-refractivity contribution < 1.29 is 19.0 Å². The first-order valence-corrected chi connectivity index (χ1v) is 10.6. The minimum absolute atomic E-state index is 0.100. The van der Waals surface area contributed by atoms with Crippen molar-refractivity contribution in [3.63, 3.8) is 0 Å². The molecular formula is C22H25Cl2FN2O3. The molecule has 1 fully saturated rings. The number of likely N-dealkylation sites (tertiary alicyclic amines) is 1. The molecule has 2 aromatic rings. The molecule has 1 amide bonds. The number of benzene rings is 2. The average molecular weight is 455 g/mol. The molecule has 0 saturated carbocycles. The predicted molar refractivity (Wildman–Crippen MR) is 115 cm³/mol. The summed E-state index contributed by atoms with van der Waals surface area (Å²) in [5.74, 6) is 0.154. The third-order valence-electron chi connectivity index (χ3n) is 5.18. The van der Waals surface area contributed by atoms with Gasteiger partial charge in [-0.15, -0.1) is 0 Å². The SMILES string of the molecule is O=C(CN1CCC[C@@](O)(COc2ccc(Cl)c(Cl)c2)CC1)NCc1ccc(F)cc1. The highest BCUT2D eigenvalue weighted by molar-refractivity contribution is 6.42. The molecule has 1 saturated heterocycles. The molecule has 0 aliphatic carbocycles. The summed E-state index contributed by atoms with van der Waals surface area (Å²) in [7, 11) is 0. The Kier molecular flexibility index (Phi) is 7.94. The smallest absolute Gasteiger partial charge is 0.234 e. The molecule has 1 heterocycles. The van der Waals surface area contributed by atoms with Gasteiger partial charge >= 0.3 is 0 Å². The Hall–Kier alpha value is -1.86. The number of hydrogen-bond donors (Lipinski definition) is 2. The molecule has 1 aliphatic heterocycles. The van der Waals surface area contributed by atoms with Crippen molar-refractivity contribution in [1.82, 2.24) is 10.2 Å². The van der Waals surface area contributed by atoms with Crippen molar-refractivity contribution >= 4 is 29.1 Å². The van der Waals surface area contributed by atoms with Crippen molar-refractivity contribution in [3.8, 4) is 5.75 Å². The van der Waals surface area contributed by atoms with Gasteiger partial charge in [-0.1, -0.05) is 35.3 Å². The molecule has 2 aromatic carbocycles. The third kappa shape index (κ3) is 6.84. The number of carbonyl (C=O) groups is 1. The van der Waals surface area contributed by atoms with Gasteiger partial charge in [-0.05, 0) is 55.6 Å². The highest BCUT2D eigenvalue weighted by atomic mass is 35.5. The summed E-state index contributed by atoms with van der Waals surface area (Å²) >= 11 is 11.9. The maximum absolute atomic E-state index is 12.9. The van der Waals surface area contributed by atoms with Crippen molar-refractivity contribution in [2.45, 2.75) is 31.4 Å². The second-order valence-corrected chi connectivity index (χ2v) is 8.44. The number of nitrogens with zero attached hydrogens (tertiary/aromatic N) is 1. The van der Waals surface area contributed by atoms with E-state index >= 15 is 0 Å². The minimum atomic E-state index is -0.967. The van der Waals surface area contributed by atoms with Crippen LogP contribution in [0.1, 0.15) is 24.8 Å². The maximum Gasteiger partial charge on any atom is 0.234 e. The summed E-state index contributed by atoms with van der Waals surface area (Å²) in [5.41, 5.74) is -0.125. The molecule has 3 rings (SSSR count). The molecule has 0 unspecified atom stereocenters. The molecule has 1 atom stereocenters. The first-order chi connectivity index (χ1) is 14.3. The number of amides is 1. The van der Waals surface area contributed by atoms with Crippen LogP contribution < -0.4 is 10.1 Å². The lowest BCUT2D eigenvalue weighted by Gasteiger charge is -2.27. The zero-order valence-corrected chi connectivity index (χ0v) is 18.1. The van der Waals surface area contributed by atoms with Crippen molar-refractivity contribution in [2.75, 3.05) is 26.2 Å². The lowest BCUT2D eigenvalue weighted by molar-refractivity contribution is -0.122. The quantitative estimate of drug-likeness (QED) is 0.662. The van der Waals surface area contributed by atoms with E-state index in [2.05, 4.69) is 5.32 Å². The topological polar surface area (TPSA) is 61.8 Å². The van der Waals surface area contributed by atoms with Gasteiger partial charge in [0.05, 0.1) is 22.2 Å². The molecule has 0 aromatic heterocycles. The Morgan fingerprint density at radius 1 is 1.13 bits per heavy atom. The summed E-state index contributed by atoms with van der Waals surface area (Å²) in [6.45, 7) is 2.07. The number of nitrogens with one attached hydrogen (secondary N) is 1. The second kappa shape index (κ2) is 10.4. The summed E-state index contributed by atoms with van der Waals surface area (Å²) in [4.78, 5) is 14.3. The van der Waals surface area contributed by atoms with E-state index in [1.165, 1.54) is 12.1 Å². The summed E-state index contributed by atoms with van der Waals surface area (Å²) in [6, 6.07) is 11.0. The van der Waals surface area contributed by atoms with Crippen LogP contribution in [-0.4, -0.2) is 47.8 Å². The van der Waals surface area contributed by atoms with E-state index in [1.807, 2.05) is 4.90 Å². The highest BCUT2D eigenvalue weighted by Gasteiger charge is 2.31. The molecule has 8 heteroatoms. The van der Waals surface area contributed by atoms with E-state index in [4.69, 9.17) is 27.9 Å². The van der Waals surface area contributed by atoms with Gasteiger partial charge in [-0.25, -0.2) is 4.39 Å². The van der Waals surface area contributed by atoms with Crippen LogP contribution in [0.5, 0.6) is 5.75 Å². The van der Waals surface area contributed by atoms with Crippen LogP contribution in [0.2, 0.25) is 10.0 Å². The van der Waals surface area contributed by atoms with Crippen LogP contribution in [0, 0.1) is 5.82 Å². The summed E-state index contributed by atoms with van der Waals surface area (Å²) < 4.78 is 18.7. The fraction of sp³-hybridized carbons (Fsp3) is 0.409. The average Bonchev–Trinajstić information content (AvgIpc) is 2.90. The number of aliphatic hydroxyl groups is 1. The number of halogens is 3. The first kappa shape index (κ1) is 22.8. The van der Waals surface area contributed by atoms with Gasteiger partial charge in [-0.2, -0.15) is 0 Å². The molecule has 0 radical (unpaired) electrons. The van der Waals surface area contributed by atoms with Crippen molar-refractivity contribution in [3.05, 3.63) is 63.9 Å². The van der Waals surface area contributed by atoms with Gasteiger partial charge in [-0.3, -0.25) is 9.69 Å². The molecule has 2 N–H and O–H groups in total. The number of carbonyl (C=O) groups excluding carboxylic acids is 1. The maximum atomic E-state index is 12.9. The van der Waals surface area contributed by atoms with Crippen LogP contribution in [0.15, 0.2) is 42.5 Å². The Morgan fingerprint density at radius 2 is 1.90 bits per heavy atom. The monoisotopic (exact) mass is 454 g/mol. The summed E-state index contributed by atoms with van der Waals surface area (Å²) in [5, 5.41) is 14.6. The lowest BCUT2D eigenvalue weighted by atomic mass is 9.96. The molecule has 1 aliphatic rings. The van der Waals surface area contributed by atoms with Crippen LogP contribution >= 0.6 is 23.2 Å². The van der Waals surface area contributed by atoms with E-state index < -0.39 is 5.60 Å². The van der Waals surface area contributed by atoms with E-state index in [-0.39, 0.29) is 24.9 Å². The van der Waals surface area contributed by atoms with E-state index in [0.717, 1.165) is 18.5 Å². The molecule has 0 spiro atoms. The lowest BCUT2D eigenvalue weighted by Crippen LogP contribution is -2.40. The zero-order valence-electron chi connectivity index (χ0n) is 16.5. The fourth-order valence-corrected chi connectivity index (χ4v) is 3.67. The van der Waals surface area contributed by atoms with Crippen LogP contribution in [0.3, 0.4) is 0 Å². The van der Waals surface area contributed by atoms with Gasteiger partial charge in [0.15, 0.2) is 0 Å². The minimum Gasteiger partial charge on any atom is -0.491 e. The Balaban J connectivity index is 1.44. The number of ether oxygens (including phenoxy) is 1. The van der Waals surface area contributed by atoms with Crippen LogP contribution in [-0.2, 0) is 11.3 Å². The molecule has 0 bridgehead atoms. The Morgan fingerprint density at radius 3 is 2.63 bits per heavy atom. The van der Waals surface area contributed by atoms with E-state index in [0.29, 0.717) is 41.7 Å².